The minimum atomic E-state index is 0.592. The Hall–Kier alpha value is -7.41. The smallest absolute Gasteiger partial charge is 0.165 e. The van der Waals surface area contributed by atoms with E-state index in [-0.39, 0.29) is 0 Å². The van der Waals surface area contributed by atoms with E-state index >= 15 is 0 Å². The lowest BCUT2D eigenvalue weighted by molar-refractivity contribution is 0.669. The molecule has 0 aliphatic carbocycles. The molecule has 0 N–H and O–H groups in total. The third-order valence-corrected chi connectivity index (χ3v) is 12.3. The van der Waals surface area contributed by atoms with Crippen LogP contribution in [0.2, 0.25) is 0 Å². The molecule has 0 radical (unpaired) electrons. The van der Waals surface area contributed by atoms with Gasteiger partial charge in [0.15, 0.2) is 17.5 Å². The SMILES string of the molecule is c1ccc(-c2ccc(-c3nc(-c4ccc5c(c4)oc4ccccc45)nc(-c4cccc5c4sc4c5ccc5c6ccccc6n(-c6ccccc6)c54)n3)cc2)cc1. The van der Waals surface area contributed by atoms with Crippen molar-refractivity contribution in [1.82, 2.24) is 19.5 Å². The van der Waals surface area contributed by atoms with E-state index in [4.69, 9.17) is 19.4 Å². The highest BCUT2D eigenvalue weighted by Crippen LogP contribution is 2.45. The van der Waals surface area contributed by atoms with Crippen LogP contribution in [0.5, 0.6) is 0 Å². The number of hydrogen-bond acceptors (Lipinski definition) is 5. The van der Waals surface area contributed by atoms with Crippen LogP contribution in [-0.4, -0.2) is 19.5 Å². The van der Waals surface area contributed by atoms with Crippen LogP contribution in [0.15, 0.2) is 186 Å². The summed E-state index contributed by atoms with van der Waals surface area (Å²) in [6, 6.07) is 63.7. The third-order valence-electron chi connectivity index (χ3n) is 11.1. The Kier molecular flexibility index (Phi) is 7.03. The molecule has 0 spiro atoms. The number of hydrogen-bond donors (Lipinski definition) is 0. The van der Waals surface area contributed by atoms with Gasteiger partial charge in [-0.2, -0.15) is 0 Å². The minimum absolute atomic E-state index is 0.592. The molecular weight excluding hydrogens is 717 g/mol. The van der Waals surface area contributed by atoms with Gasteiger partial charge in [-0.1, -0.05) is 140 Å². The standard InChI is InChI=1S/C51H30N4OS/c1-3-12-31(13-4-1)32-22-24-33(25-23-32)49-52-50(34-26-27-38-37-17-8-10-21-44(37)56-45(38)30-34)54-51(53-49)42-19-11-18-40-41-29-28-39-36-16-7-9-20-43(36)55(35-14-5-2-6-15-35)46(39)48(41)57-47(40)42/h1-30H. The first-order valence-electron chi connectivity index (χ1n) is 19.0. The van der Waals surface area contributed by atoms with Crippen molar-refractivity contribution in [2.24, 2.45) is 0 Å². The number of para-hydroxylation sites is 3. The molecule has 0 saturated carbocycles. The highest BCUT2D eigenvalue weighted by Gasteiger charge is 2.21. The predicted molar refractivity (Wildman–Crippen MR) is 236 cm³/mol. The molecule has 0 aliphatic rings. The normalized spacial score (nSPS) is 11.9. The van der Waals surface area contributed by atoms with Gasteiger partial charge in [0.05, 0.1) is 15.7 Å². The van der Waals surface area contributed by atoms with Gasteiger partial charge in [0.25, 0.3) is 0 Å². The summed E-state index contributed by atoms with van der Waals surface area (Å²) in [5.74, 6) is 1.84. The summed E-state index contributed by atoms with van der Waals surface area (Å²) in [6.07, 6.45) is 0. The van der Waals surface area contributed by atoms with Gasteiger partial charge in [-0.3, -0.25) is 0 Å². The van der Waals surface area contributed by atoms with Gasteiger partial charge in [-0.25, -0.2) is 15.0 Å². The number of rotatable bonds is 5. The minimum Gasteiger partial charge on any atom is -0.456 e. The molecule has 4 aromatic heterocycles. The second-order valence-corrected chi connectivity index (χ2v) is 15.4. The number of thiophene rings is 1. The molecule has 0 fully saturated rings. The van der Waals surface area contributed by atoms with Crippen molar-refractivity contribution in [2.45, 2.75) is 0 Å². The van der Waals surface area contributed by atoms with E-state index in [2.05, 4.69) is 162 Å². The molecule has 0 atom stereocenters. The maximum Gasteiger partial charge on any atom is 0.165 e. The molecule has 266 valence electrons. The van der Waals surface area contributed by atoms with Crippen molar-refractivity contribution in [2.75, 3.05) is 0 Å². The molecular formula is C51H30N4OS. The van der Waals surface area contributed by atoms with Gasteiger partial charge < -0.3 is 8.98 Å². The van der Waals surface area contributed by atoms with Crippen LogP contribution < -0.4 is 0 Å². The third kappa shape index (κ3) is 5.04. The van der Waals surface area contributed by atoms with E-state index in [1.54, 1.807) is 0 Å². The topological polar surface area (TPSA) is 56.7 Å². The van der Waals surface area contributed by atoms with E-state index in [1.807, 2.05) is 35.6 Å². The van der Waals surface area contributed by atoms with Crippen molar-refractivity contribution >= 4 is 75.3 Å². The molecule has 0 aliphatic heterocycles. The van der Waals surface area contributed by atoms with E-state index in [0.29, 0.717) is 17.5 Å². The number of aromatic nitrogens is 4. The summed E-state index contributed by atoms with van der Waals surface area (Å²) in [6.45, 7) is 0. The maximum absolute atomic E-state index is 6.32. The monoisotopic (exact) mass is 746 g/mol. The summed E-state index contributed by atoms with van der Waals surface area (Å²) >= 11 is 1.81. The second-order valence-electron chi connectivity index (χ2n) is 14.4. The summed E-state index contributed by atoms with van der Waals surface area (Å²) in [7, 11) is 0. The van der Waals surface area contributed by atoms with Gasteiger partial charge in [0.2, 0.25) is 0 Å². The quantitative estimate of drug-likeness (QED) is 0.176. The first-order valence-corrected chi connectivity index (χ1v) is 19.8. The Labute approximate surface area is 330 Å². The van der Waals surface area contributed by atoms with Crippen LogP contribution in [0.1, 0.15) is 0 Å². The van der Waals surface area contributed by atoms with Gasteiger partial charge in [0, 0.05) is 59.4 Å². The van der Waals surface area contributed by atoms with Crippen molar-refractivity contribution in [1.29, 1.82) is 0 Å². The Balaban J connectivity index is 1.09. The van der Waals surface area contributed by atoms with Gasteiger partial charge in [-0.15, -0.1) is 11.3 Å². The summed E-state index contributed by atoms with van der Waals surface area (Å²) in [4.78, 5) is 15.6. The fourth-order valence-electron chi connectivity index (χ4n) is 8.39. The molecule has 5 nitrogen and oxygen atoms in total. The average Bonchev–Trinajstić information content (AvgIpc) is 3.96. The highest BCUT2D eigenvalue weighted by molar-refractivity contribution is 7.27. The largest absolute Gasteiger partial charge is 0.456 e. The van der Waals surface area contributed by atoms with Crippen LogP contribution in [0.25, 0.3) is 115 Å². The molecule has 0 saturated heterocycles. The summed E-state index contributed by atoms with van der Waals surface area (Å²) < 4.78 is 11.1. The molecule has 12 aromatic rings. The lowest BCUT2D eigenvalue weighted by atomic mass is 10.0. The van der Waals surface area contributed by atoms with Gasteiger partial charge in [-0.05, 0) is 53.6 Å². The van der Waals surface area contributed by atoms with E-state index < -0.39 is 0 Å². The lowest BCUT2D eigenvalue weighted by Gasteiger charge is -2.10. The second kappa shape index (κ2) is 12.6. The van der Waals surface area contributed by atoms with Crippen LogP contribution >= 0.6 is 11.3 Å². The van der Waals surface area contributed by atoms with E-state index in [9.17, 15) is 0 Å². The van der Waals surface area contributed by atoms with Crippen molar-refractivity contribution in [3.05, 3.63) is 182 Å². The summed E-state index contributed by atoms with van der Waals surface area (Å²) in [5, 5.41) is 7.02. The van der Waals surface area contributed by atoms with Crippen molar-refractivity contribution in [3.63, 3.8) is 0 Å². The van der Waals surface area contributed by atoms with Crippen molar-refractivity contribution in [3.8, 4) is 51.0 Å². The zero-order valence-corrected chi connectivity index (χ0v) is 31.2. The van der Waals surface area contributed by atoms with Crippen LogP contribution in [0.3, 0.4) is 0 Å². The first kappa shape index (κ1) is 31.9. The molecule has 6 heteroatoms. The molecule has 4 heterocycles. The zero-order valence-electron chi connectivity index (χ0n) is 30.4. The van der Waals surface area contributed by atoms with Gasteiger partial charge >= 0.3 is 0 Å². The average molecular weight is 747 g/mol. The van der Waals surface area contributed by atoms with Crippen molar-refractivity contribution < 1.29 is 4.42 Å². The molecule has 8 aromatic carbocycles. The predicted octanol–water partition coefficient (Wildman–Crippen LogP) is 13.9. The number of benzene rings is 8. The van der Waals surface area contributed by atoms with Gasteiger partial charge in [0.1, 0.15) is 11.2 Å². The number of furan rings is 1. The Bertz CT molecular complexity index is 3510. The molecule has 0 amide bonds. The fourth-order valence-corrected chi connectivity index (χ4v) is 9.73. The fraction of sp³-hybridized carbons (Fsp3) is 0. The van der Waals surface area contributed by atoms with Crippen LogP contribution in [-0.2, 0) is 0 Å². The Morgan fingerprint density at radius 2 is 0.965 bits per heavy atom. The van der Waals surface area contributed by atoms with E-state index in [0.717, 1.165) is 60.1 Å². The number of fused-ring (bicyclic) bond motifs is 10. The Morgan fingerprint density at radius 3 is 1.81 bits per heavy atom. The molecule has 0 unspecified atom stereocenters. The lowest BCUT2D eigenvalue weighted by Crippen LogP contribution is -2.00. The molecule has 12 rings (SSSR count). The highest BCUT2D eigenvalue weighted by atomic mass is 32.1. The summed E-state index contributed by atoms with van der Waals surface area (Å²) in [5.41, 5.74) is 10.3. The van der Waals surface area contributed by atoms with Crippen LogP contribution in [0, 0.1) is 0 Å². The molecule has 0 bridgehead atoms. The molecule has 57 heavy (non-hydrogen) atoms. The zero-order chi connectivity index (χ0) is 37.5. The first-order chi connectivity index (χ1) is 28.2. The maximum atomic E-state index is 6.32. The van der Waals surface area contributed by atoms with E-state index in [1.165, 1.54) is 37.3 Å². The van der Waals surface area contributed by atoms with Crippen LogP contribution in [0.4, 0.5) is 0 Å². The Morgan fingerprint density at radius 1 is 0.386 bits per heavy atom. The number of nitrogens with zero attached hydrogens (tertiary/aromatic N) is 4.